The summed E-state index contributed by atoms with van der Waals surface area (Å²) in [7, 11) is 1.69. The maximum Gasteiger partial charge on any atom is 0 e. The Morgan fingerprint density at radius 1 is 1.09 bits per heavy atom. The van der Waals surface area contributed by atoms with Crippen molar-refractivity contribution in [2.45, 2.75) is 20.8 Å². The van der Waals surface area contributed by atoms with Gasteiger partial charge in [0, 0.05) is 65.4 Å². The van der Waals surface area contributed by atoms with E-state index in [1.807, 2.05) is 6.92 Å². The summed E-state index contributed by atoms with van der Waals surface area (Å²) in [5, 5.41) is 0. The Hall–Kier alpha value is 1.55. The van der Waals surface area contributed by atoms with Gasteiger partial charge in [-0.2, -0.15) is 13.8 Å². The zero-order valence-corrected chi connectivity index (χ0v) is 13.4. The van der Waals surface area contributed by atoms with Gasteiger partial charge in [-0.15, -0.1) is 0 Å². The minimum absolute atomic E-state index is 0. The molecule has 0 saturated heterocycles. The molecule has 11 heavy (non-hydrogen) atoms. The summed E-state index contributed by atoms with van der Waals surface area (Å²) in [5.41, 5.74) is 0. The molecule has 0 N–H and O–H groups in total. The number of hydrogen-bond donors (Lipinski definition) is 0. The first-order chi connectivity index (χ1) is 4.33. The SMILES string of the molecule is C[C-]=NC.C[C-]=NCC.[Y].[Y]. The number of rotatable bonds is 1. The average molecular weight is 304 g/mol. The van der Waals surface area contributed by atoms with E-state index in [9.17, 15) is 0 Å². The van der Waals surface area contributed by atoms with Gasteiger partial charge in [0.1, 0.15) is 0 Å². The van der Waals surface area contributed by atoms with Gasteiger partial charge >= 0.3 is 0 Å². The van der Waals surface area contributed by atoms with Crippen LogP contribution < -0.4 is 0 Å². The van der Waals surface area contributed by atoms with Crippen molar-refractivity contribution in [3.8, 4) is 0 Å². The molecule has 0 aromatic heterocycles. The topological polar surface area (TPSA) is 24.7 Å². The summed E-state index contributed by atoms with van der Waals surface area (Å²) in [6.45, 7) is 6.40. The van der Waals surface area contributed by atoms with Crippen molar-refractivity contribution in [3.63, 3.8) is 0 Å². The monoisotopic (exact) mass is 304 g/mol. The molecule has 0 saturated carbocycles. The van der Waals surface area contributed by atoms with Gasteiger partial charge < -0.3 is 22.4 Å². The molecular formula is C7H14N2Y2-2. The number of hydrogen-bond acceptors (Lipinski definition) is 2. The Morgan fingerprint density at radius 2 is 1.45 bits per heavy atom. The second-order valence-corrected chi connectivity index (χ2v) is 1.15. The third-order valence-electron chi connectivity index (χ3n) is 0.540. The summed E-state index contributed by atoms with van der Waals surface area (Å²) in [4.78, 5) is 7.21. The predicted molar refractivity (Wildman–Crippen MR) is 42.7 cm³/mol. The Balaban J connectivity index is -0.0000000383. The van der Waals surface area contributed by atoms with Gasteiger partial charge in [0.25, 0.3) is 0 Å². The zero-order chi connectivity index (χ0) is 7.54. The van der Waals surface area contributed by atoms with Gasteiger partial charge in [0.2, 0.25) is 0 Å². The molecule has 60 valence electrons. The van der Waals surface area contributed by atoms with Crippen LogP contribution in [0.25, 0.3) is 0 Å². The van der Waals surface area contributed by atoms with Crippen LogP contribution in [0.4, 0.5) is 0 Å². The number of aliphatic imine (C=N–C) groups is 2. The Kier molecular flexibility index (Phi) is 62.4. The van der Waals surface area contributed by atoms with Crippen LogP contribution in [-0.4, -0.2) is 26.0 Å². The van der Waals surface area contributed by atoms with Gasteiger partial charge in [-0.05, 0) is 20.5 Å². The van der Waals surface area contributed by atoms with Crippen molar-refractivity contribution in [2.24, 2.45) is 9.98 Å². The Bertz CT molecular complexity index is 78.5. The molecule has 0 aromatic rings. The van der Waals surface area contributed by atoms with E-state index in [4.69, 9.17) is 0 Å². The fourth-order valence-electron chi connectivity index (χ4n) is 0.158. The number of nitrogens with zero attached hydrogens (tertiary/aromatic N) is 2. The van der Waals surface area contributed by atoms with Crippen LogP contribution >= 0.6 is 0 Å². The first-order valence-corrected chi connectivity index (χ1v) is 2.92. The van der Waals surface area contributed by atoms with Gasteiger partial charge in [-0.1, -0.05) is 0 Å². The van der Waals surface area contributed by atoms with Gasteiger partial charge in [0.05, 0.1) is 0 Å². The van der Waals surface area contributed by atoms with E-state index in [2.05, 4.69) is 22.4 Å². The standard InChI is InChI=1S/C4H8N.C3H6N.2Y/c1-3-5-4-2;1-3-4-2;;/h3H2,1-2H3;1-2H3;;/q2*-1;;. The van der Waals surface area contributed by atoms with Crippen molar-refractivity contribution in [2.75, 3.05) is 13.6 Å². The van der Waals surface area contributed by atoms with Crippen molar-refractivity contribution in [1.82, 2.24) is 0 Å². The molecule has 0 fully saturated rings. The molecule has 0 spiro atoms. The fraction of sp³-hybridized carbons (Fsp3) is 0.714. The van der Waals surface area contributed by atoms with Crippen LogP contribution in [0.15, 0.2) is 9.98 Å². The maximum atomic E-state index is 3.72. The van der Waals surface area contributed by atoms with E-state index in [-0.39, 0.29) is 65.4 Å². The molecule has 0 heterocycles. The zero-order valence-electron chi connectivity index (χ0n) is 7.76. The average Bonchev–Trinajstić information content (AvgIpc) is 1.91. The van der Waals surface area contributed by atoms with E-state index in [0.717, 1.165) is 6.54 Å². The Morgan fingerprint density at radius 3 is 1.45 bits per heavy atom. The molecule has 2 radical (unpaired) electrons. The van der Waals surface area contributed by atoms with E-state index in [1.165, 1.54) is 0 Å². The molecule has 0 aliphatic rings. The van der Waals surface area contributed by atoms with Crippen LogP contribution in [0.1, 0.15) is 20.8 Å². The molecule has 0 rings (SSSR count). The fourth-order valence-corrected chi connectivity index (χ4v) is 0.158. The first kappa shape index (κ1) is 22.9. The van der Waals surface area contributed by atoms with Crippen molar-refractivity contribution in [3.05, 3.63) is 0 Å². The third kappa shape index (κ3) is 50.9. The summed E-state index contributed by atoms with van der Waals surface area (Å²) in [5.74, 6) is 0. The van der Waals surface area contributed by atoms with Crippen molar-refractivity contribution >= 4 is 12.4 Å². The summed E-state index contributed by atoms with van der Waals surface area (Å²) in [6.07, 6.45) is 5.20. The van der Waals surface area contributed by atoms with Crippen LogP contribution in [-0.2, 0) is 65.4 Å². The quantitative estimate of drug-likeness (QED) is 0.519. The van der Waals surface area contributed by atoms with Crippen molar-refractivity contribution < 1.29 is 65.4 Å². The minimum Gasteiger partial charge on any atom is -0.506 e. The second kappa shape index (κ2) is 30.0. The minimum atomic E-state index is 0. The predicted octanol–water partition coefficient (Wildman–Crippen LogP) is 1.55. The second-order valence-electron chi connectivity index (χ2n) is 1.15. The molecule has 0 aliphatic heterocycles. The van der Waals surface area contributed by atoms with Gasteiger partial charge in [-0.25, -0.2) is 0 Å². The molecule has 4 heteroatoms. The molecule has 0 atom stereocenters. The van der Waals surface area contributed by atoms with E-state index in [0.29, 0.717) is 0 Å². The first-order valence-electron chi connectivity index (χ1n) is 2.92. The van der Waals surface area contributed by atoms with E-state index in [1.54, 1.807) is 20.9 Å². The smallest absolute Gasteiger partial charge is 0 e. The van der Waals surface area contributed by atoms with Crippen LogP contribution in [0.3, 0.4) is 0 Å². The van der Waals surface area contributed by atoms with Crippen LogP contribution in [0.2, 0.25) is 0 Å². The normalized spacial score (nSPS) is 8.00. The summed E-state index contributed by atoms with van der Waals surface area (Å²) < 4.78 is 0. The molecule has 0 aromatic carbocycles. The summed E-state index contributed by atoms with van der Waals surface area (Å²) >= 11 is 0. The molecule has 0 amide bonds. The largest absolute Gasteiger partial charge is 0.506 e. The molecular weight excluding hydrogens is 290 g/mol. The van der Waals surface area contributed by atoms with Crippen molar-refractivity contribution in [1.29, 1.82) is 0 Å². The van der Waals surface area contributed by atoms with E-state index >= 15 is 0 Å². The molecule has 0 aliphatic carbocycles. The van der Waals surface area contributed by atoms with Crippen LogP contribution in [0, 0.1) is 0 Å². The van der Waals surface area contributed by atoms with Gasteiger partial charge in [0.15, 0.2) is 0 Å². The Labute approximate surface area is 120 Å². The molecule has 0 unspecified atom stereocenters. The van der Waals surface area contributed by atoms with Crippen LogP contribution in [0.5, 0.6) is 0 Å². The maximum absolute atomic E-state index is 3.72. The van der Waals surface area contributed by atoms with Gasteiger partial charge in [-0.3, -0.25) is 0 Å². The molecule has 0 bridgehead atoms. The third-order valence-corrected chi connectivity index (χ3v) is 0.540. The molecule has 2 nitrogen and oxygen atoms in total. The summed E-state index contributed by atoms with van der Waals surface area (Å²) in [6, 6.07) is 0. The van der Waals surface area contributed by atoms with E-state index < -0.39 is 0 Å².